The van der Waals surface area contributed by atoms with Gasteiger partial charge in [0.25, 0.3) is 0 Å². The van der Waals surface area contributed by atoms with Crippen molar-refractivity contribution in [3.63, 3.8) is 0 Å². The number of rotatable bonds is 37. The van der Waals surface area contributed by atoms with Gasteiger partial charge in [0, 0.05) is 0 Å². The van der Waals surface area contributed by atoms with E-state index in [4.69, 9.17) is 9.47 Å². The average molecular weight is 797 g/mol. The molecule has 0 aromatic heterocycles. The molecular weight excluding hydrogens is 720 g/mol. The molecule has 1 rings (SSSR count). The summed E-state index contributed by atoms with van der Waals surface area (Å²) in [4.78, 5) is 25.2. The minimum Gasteiger partial charge on any atom is -0.744 e. The van der Waals surface area contributed by atoms with E-state index in [1.807, 2.05) is 0 Å². The summed E-state index contributed by atoms with van der Waals surface area (Å²) in [6, 6.07) is 3.13. The molecular formula is C46H77NaO7S. The van der Waals surface area contributed by atoms with E-state index in [-0.39, 0.29) is 53.9 Å². The minimum atomic E-state index is -4.82. The van der Waals surface area contributed by atoms with Crippen LogP contribution in [0.2, 0.25) is 0 Å². The second-order valence-electron chi connectivity index (χ2n) is 15.0. The van der Waals surface area contributed by atoms with Crippen LogP contribution >= 0.6 is 0 Å². The molecule has 55 heavy (non-hydrogen) atoms. The Labute approximate surface area is 359 Å². The largest absolute Gasteiger partial charge is 1.00 e. The van der Waals surface area contributed by atoms with Crippen LogP contribution in [0.3, 0.4) is 0 Å². The third-order valence-corrected chi connectivity index (χ3v) is 10.8. The number of esters is 2. The summed E-state index contributed by atoms with van der Waals surface area (Å²) in [5, 5.41) is 0. The van der Waals surface area contributed by atoms with E-state index in [1.165, 1.54) is 134 Å². The Bertz CT molecular complexity index is 1240. The predicted molar refractivity (Wildman–Crippen MR) is 223 cm³/mol. The van der Waals surface area contributed by atoms with Crippen LogP contribution < -0.4 is 29.6 Å². The first-order valence-electron chi connectivity index (χ1n) is 22.0. The molecule has 0 saturated carbocycles. The van der Waals surface area contributed by atoms with E-state index >= 15 is 0 Å². The molecule has 0 aliphatic rings. The number of unbranched alkanes of at least 4 members (excludes halogenated alkanes) is 26. The van der Waals surface area contributed by atoms with E-state index in [0.717, 1.165) is 63.5 Å². The van der Waals surface area contributed by atoms with Crippen molar-refractivity contribution < 1.29 is 61.6 Å². The molecule has 1 aromatic rings. The summed E-state index contributed by atoms with van der Waals surface area (Å²) in [5.41, 5.74) is -0.346. The minimum absolute atomic E-state index is 0. The zero-order chi connectivity index (χ0) is 39.4. The van der Waals surface area contributed by atoms with E-state index in [2.05, 4.69) is 38.2 Å². The summed E-state index contributed by atoms with van der Waals surface area (Å²) in [7, 11) is -4.82. The second kappa shape index (κ2) is 38.1. The molecule has 1 aromatic carbocycles. The molecule has 9 heteroatoms. The van der Waals surface area contributed by atoms with Gasteiger partial charge in [-0.3, -0.25) is 0 Å². The van der Waals surface area contributed by atoms with Gasteiger partial charge >= 0.3 is 41.5 Å². The van der Waals surface area contributed by atoms with Crippen molar-refractivity contribution in [1.29, 1.82) is 0 Å². The Balaban J connectivity index is 0.0000292. The normalized spacial score (nSPS) is 11.7. The van der Waals surface area contributed by atoms with Crippen molar-refractivity contribution >= 4 is 22.1 Å². The number of ether oxygens (including phenoxy) is 2. The van der Waals surface area contributed by atoms with Crippen molar-refractivity contribution in [2.24, 2.45) is 0 Å². The van der Waals surface area contributed by atoms with E-state index < -0.39 is 27.0 Å². The van der Waals surface area contributed by atoms with Crippen LogP contribution in [-0.2, 0) is 19.6 Å². The van der Waals surface area contributed by atoms with Crippen LogP contribution in [0.5, 0.6) is 0 Å². The summed E-state index contributed by atoms with van der Waals surface area (Å²) < 4.78 is 45.8. The summed E-state index contributed by atoms with van der Waals surface area (Å²) >= 11 is 0. The molecule has 0 heterocycles. The monoisotopic (exact) mass is 797 g/mol. The van der Waals surface area contributed by atoms with E-state index in [0.29, 0.717) is 12.8 Å². The van der Waals surface area contributed by atoms with Gasteiger partial charge in [-0.2, -0.15) is 0 Å². The maximum atomic E-state index is 12.9. The van der Waals surface area contributed by atoms with Crippen molar-refractivity contribution in [3.8, 4) is 0 Å². The maximum absolute atomic E-state index is 12.9. The number of hydrogen-bond acceptors (Lipinski definition) is 7. The first-order valence-corrected chi connectivity index (χ1v) is 23.5. The Morgan fingerprint density at radius 3 is 1.15 bits per heavy atom. The smallest absolute Gasteiger partial charge is 0.744 e. The van der Waals surface area contributed by atoms with Crippen LogP contribution in [0.15, 0.2) is 47.4 Å². The molecule has 0 bridgehead atoms. The van der Waals surface area contributed by atoms with Crippen LogP contribution in [-0.4, -0.2) is 38.1 Å². The number of benzene rings is 1. The molecule has 0 atom stereocenters. The Morgan fingerprint density at radius 1 is 0.491 bits per heavy atom. The standard InChI is InChI=1S/C46H78O7S.Na/c1-3-5-7-9-11-13-15-17-19-21-23-25-27-29-31-33-35-39-52-45(47)43-38-37-42(54(49,50)51)41-44(43)46(48)53-40-36-34-32-30-28-26-24-22-20-18-16-14-12-10-8-6-4-2;/h17-20,37-38,41H,3-16,21-36,39-40H2,1-2H3,(H,49,50,51);/q;+1/p-1/b19-17+,20-18+;. The van der Waals surface area contributed by atoms with Crippen LogP contribution in [0.1, 0.15) is 227 Å². The number of carbonyl (C=O) groups excluding carboxylic acids is 2. The Morgan fingerprint density at radius 2 is 0.800 bits per heavy atom. The zero-order valence-electron chi connectivity index (χ0n) is 35.4. The second-order valence-corrected chi connectivity index (χ2v) is 16.4. The van der Waals surface area contributed by atoms with Gasteiger partial charge in [-0.1, -0.05) is 167 Å². The molecule has 0 fully saturated rings. The van der Waals surface area contributed by atoms with Gasteiger partial charge in [-0.25, -0.2) is 18.0 Å². The molecule has 0 saturated heterocycles. The number of allylic oxidation sites excluding steroid dienone is 4. The molecule has 0 aliphatic heterocycles. The fourth-order valence-electron chi connectivity index (χ4n) is 6.56. The van der Waals surface area contributed by atoms with Gasteiger partial charge in [0.15, 0.2) is 0 Å². The topological polar surface area (TPSA) is 110 Å². The Kier molecular flexibility index (Phi) is 37.1. The van der Waals surface area contributed by atoms with Gasteiger partial charge in [0.2, 0.25) is 0 Å². The molecule has 0 amide bonds. The first kappa shape index (κ1) is 53.6. The van der Waals surface area contributed by atoms with Crippen LogP contribution in [0.25, 0.3) is 0 Å². The van der Waals surface area contributed by atoms with Crippen molar-refractivity contribution in [3.05, 3.63) is 53.6 Å². The quantitative estimate of drug-likeness (QED) is 0.0217. The zero-order valence-corrected chi connectivity index (χ0v) is 38.3. The summed E-state index contributed by atoms with van der Waals surface area (Å²) in [6.45, 7) is 4.86. The van der Waals surface area contributed by atoms with Gasteiger partial charge in [-0.05, 0) is 82.4 Å². The Hall–Kier alpha value is -1.45. The van der Waals surface area contributed by atoms with Crippen LogP contribution in [0, 0.1) is 0 Å². The predicted octanol–water partition coefficient (Wildman–Crippen LogP) is 10.8. The van der Waals surface area contributed by atoms with Crippen molar-refractivity contribution in [1.82, 2.24) is 0 Å². The number of hydrogen-bond donors (Lipinski definition) is 0. The molecule has 7 nitrogen and oxygen atoms in total. The van der Waals surface area contributed by atoms with E-state index in [1.54, 1.807) is 0 Å². The van der Waals surface area contributed by atoms with Gasteiger partial charge < -0.3 is 14.0 Å². The molecule has 0 radical (unpaired) electrons. The fourth-order valence-corrected chi connectivity index (χ4v) is 7.06. The third kappa shape index (κ3) is 31.3. The van der Waals surface area contributed by atoms with Gasteiger partial charge in [0.1, 0.15) is 10.1 Å². The summed E-state index contributed by atoms with van der Waals surface area (Å²) in [5.74, 6) is -1.56. The molecule has 0 unspecified atom stereocenters. The third-order valence-electron chi connectivity index (χ3n) is 10.00. The molecule has 310 valence electrons. The molecule has 0 N–H and O–H groups in total. The van der Waals surface area contributed by atoms with Crippen molar-refractivity contribution in [2.45, 2.75) is 211 Å². The SMILES string of the molecule is CCCCCCCC/C=C/CCCCCCCCCOC(=O)c1ccc(S(=O)(=O)[O-])cc1C(=O)OCCCCCCCCC/C=C/CCCCCCCC.[Na+]. The fraction of sp³-hybridized carbons (Fsp3) is 0.739. The molecule has 0 aliphatic carbocycles. The summed E-state index contributed by atoms with van der Waals surface area (Å²) in [6.07, 6.45) is 45.0. The first-order chi connectivity index (χ1) is 26.3. The number of carbonyl (C=O) groups is 2. The van der Waals surface area contributed by atoms with Crippen LogP contribution in [0.4, 0.5) is 0 Å². The van der Waals surface area contributed by atoms with Crippen molar-refractivity contribution in [2.75, 3.05) is 13.2 Å². The average Bonchev–Trinajstić information content (AvgIpc) is 3.16. The molecule has 0 spiro atoms. The maximum Gasteiger partial charge on any atom is 1.00 e. The van der Waals surface area contributed by atoms with E-state index in [9.17, 15) is 22.6 Å². The van der Waals surface area contributed by atoms with Gasteiger partial charge in [0.05, 0.1) is 29.2 Å². The van der Waals surface area contributed by atoms with Gasteiger partial charge in [-0.15, -0.1) is 0 Å².